The molecule has 5 nitrogen and oxygen atoms in total. The standard InChI is InChI=1S/C40H45N2O3/c1-5-42(6-2,27-32-22-29(3)21-30(4)23-32)20-12-11-19-41(26-31-17-18-37-38(24-31)45-28-44-37)40(43)39-35-15-9-7-13-33(35)25-34-14-8-10-16-36(34)39/h7-10,13-18,21-25H,5-6,11-12,19-20,26-28H2,1-4H3/q+1. The van der Waals surface area contributed by atoms with Crippen molar-refractivity contribution in [2.75, 3.05) is 33.0 Å². The van der Waals surface area contributed by atoms with Gasteiger partial charge in [0.25, 0.3) is 5.91 Å². The fourth-order valence-corrected chi connectivity index (χ4v) is 7.05. The van der Waals surface area contributed by atoms with Gasteiger partial charge < -0.3 is 18.9 Å². The molecule has 0 atom stereocenters. The van der Waals surface area contributed by atoms with Gasteiger partial charge in [0.15, 0.2) is 11.5 Å². The minimum atomic E-state index is 0.0719. The van der Waals surface area contributed by atoms with Gasteiger partial charge in [0.1, 0.15) is 6.54 Å². The maximum Gasteiger partial charge on any atom is 0.255 e. The van der Waals surface area contributed by atoms with Gasteiger partial charge in [0.05, 0.1) is 25.2 Å². The highest BCUT2D eigenvalue weighted by atomic mass is 16.7. The number of unbranched alkanes of at least 4 members (excludes halogenated alkanes) is 1. The van der Waals surface area contributed by atoms with E-state index < -0.39 is 0 Å². The molecule has 1 aliphatic heterocycles. The zero-order valence-corrected chi connectivity index (χ0v) is 27.1. The molecule has 0 saturated carbocycles. The first-order valence-corrected chi connectivity index (χ1v) is 16.4. The van der Waals surface area contributed by atoms with Gasteiger partial charge in [-0.2, -0.15) is 0 Å². The van der Waals surface area contributed by atoms with Crippen LogP contribution < -0.4 is 9.47 Å². The summed E-state index contributed by atoms with van der Waals surface area (Å²) in [4.78, 5) is 16.7. The number of rotatable bonds is 12. The molecule has 6 rings (SSSR count). The average molecular weight is 602 g/mol. The van der Waals surface area contributed by atoms with E-state index in [0.29, 0.717) is 13.1 Å². The molecule has 5 aromatic carbocycles. The van der Waals surface area contributed by atoms with Gasteiger partial charge >= 0.3 is 0 Å². The minimum Gasteiger partial charge on any atom is -0.454 e. The van der Waals surface area contributed by atoms with Crippen molar-refractivity contribution < 1.29 is 18.8 Å². The van der Waals surface area contributed by atoms with Crippen LogP contribution in [0.2, 0.25) is 0 Å². The number of nitrogens with zero attached hydrogens (tertiary/aromatic N) is 2. The van der Waals surface area contributed by atoms with Crippen LogP contribution in [0.4, 0.5) is 0 Å². The number of carbonyl (C=O) groups excluding carboxylic acids is 1. The number of carbonyl (C=O) groups is 1. The third-order valence-corrected chi connectivity index (χ3v) is 9.53. The highest BCUT2D eigenvalue weighted by Gasteiger charge is 2.26. The maximum absolute atomic E-state index is 14.7. The Labute approximate surface area is 267 Å². The van der Waals surface area contributed by atoms with E-state index in [2.05, 4.69) is 82.3 Å². The van der Waals surface area contributed by atoms with E-state index in [9.17, 15) is 4.79 Å². The predicted octanol–water partition coefficient (Wildman–Crippen LogP) is 8.82. The van der Waals surface area contributed by atoms with E-state index >= 15 is 0 Å². The number of amides is 1. The smallest absolute Gasteiger partial charge is 0.255 e. The van der Waals surface area contributed by atoms with Crippen LogP contribution in [0.15, 0.2) is 91.0 Å². The second kappa shape index (κ2) is 13.3. The lowest BCUT2D eigenvalue weighted by molar-refractivity contribution is -0.938. The van der Waals surface area contributed by atoms with Gasteiger partial charge in [0.2, 0.25) is 6.79 Å². The topological polar surface area (TPSA) is 38.8 Å². The van der Waals surface area contributed by atoms with E-state index in [0.717, 1.165) is 87.7 Å². The number of aryl methyl sites for hydroxylation is 2. The van der Waals surface area contributed by atoms with Crippen LogP contribution in [0.25, 0.3) is 21.5 Å². The van der Waals surface area contributed by atoms with Crippen LogP contribution in [0.1, 0.15) is 59.3 Å². The van der Waals surface area contributed by atoms with Gasteiger partial charge in [-0.15, -0.1) is 0 Å². The summed E-state index contributed by atoms with van der Waals surface area (Å²) in [6.07, 6.45) is 1.99. The Kier molecular flexibility index (Phi) is 9.09. The van der Waals surface area contributed by atoms with Crippen LogP contribution in [-0.4, -0.2) is 48.3 Å². The molecule has 0 N–H and O–H groups in total. The molecule has 0 aliphatic carbocycles. The Morgan fingerprint density at radius 2 is 1.38 bits per heavy atom. The second-order valence-corrected chi connectivity index (χ2v) is 12.7. The summed E-state index contributed by atoms with van der Waals surface area (Å²) in [5, 5.41) is 4.17. The second-order valence-electron chi connectivity index (χ2n) is 12.7. The lowest BCUT2D eigenvalue weighted by Crippen LogP contribution is -2.47. The number of hydrogen-bond donors (Lipinski definition) is 0. The molecule has 5 aromatic rings. The molecule has 45 heavy (non-hydrogen) atoms. The summed E-state index contributed by atoms with van der Waals surface area (Å²) in [5.74, 6) is 1.58. The molecule has 0 unspecified atom stereocenters. The first kappa shape index (κ1) is 30.7. The molecule has 1 amide bonds. The Morgan fingerprint density at radius 1 is 0.733 bits per heavy atom. The van der Waals surface area contributed by atoms with E-state index in [1.165, 1.54) is 16.7 Å². The highest BCUT2D eigenvalue weighted by molar-refractivity contribution is 6.18. The van der Waals surface area contributed by atoms with Gasteiger partial charge in [-0.25, -0.2) is 0 Å². The molecular formula is C40H45N2O3+. The van der Waals surface area contributed by atoms with Crippen LogP contribution in [-0.2, 0) is 13.1 Å². The molecule has 1 aliphatic rings. The van der Waals surface area contributed by atoms with Crippen molar-refractivity contribution in [1.29, 1.82) is 0 Å². The molecule has 0 saturated heterocycles. The van der Waals surface area contributed by atoms with Crippen molar-refractivity contribution in [3.63, 3.8) is 0 Å². The molecule has 232 valence electrons. The van der Waals surface area contributed by atoms with Crippen molar-refractivity contribution >= 4 is 27.5 Å². The third-order valence-electron chi connectivity index (χ3n) is 9.53. The predicted molar refractivity (Wildman–Crippen MR) is 184 cm³/mol. The number of hydrogen-bond acceptors (Lipinski definition) is 3. The van der Waals surface area contributed by atoms with Gasteiger partial charge in [-0.05, 0) is 85.8 Å². The summed E-state index contributed by atoms with van der Waals surface area (Å²) in [5.41, 5.74) is 5.90. The lowest BCUT2D eigenvalue weighted by atomic mass is 9.95. The van der Waals surface area contributed by atoms with Gasteiger partial charge in [-0.3, -0.25) is 4.79 Å². The fourth-order valence-electron chi connectivity index (χ4n) is 7.05. The molecule has 0 aromatic heterocycles. The van der Waals surface area contributed by atoms with Crippen LogP contribution in [0.3, 0.4) is 0 Å². The monoisotopic (exact) mass is 601 g/mol. The van der Waals surface area contributed by atoms with Gasteiger partial charge in [-0.1, -0.05) is 83.9 Å². The number of fused-ring (bicyclic) bond motifs is 3. The summed E-state index contributed by atoms with van der Waals surface area (Å²) in [7, 11) is 0. The molecule has 5 heteroatoms. The third kappa shape index (κ3) is 6.69. The molecular weight excluding hydrogens is 556 g/mol. The zero-order chi connectivity index (χ0) is 31.4. The molecule has 0 fully saturated rings. The Hall–Kier alpha value is -4.35. The summed E-state index contributed by atoms with van der Waals surface area (Å²) in [6.45, 7) is 14.7. The van der Waals surface area contributed by atoms with Gasteiger partial charge in [0, 0.05) is 18.7 Å². The van der Waals surface area contributed by atoms with Crippen molar-refractivity contribution in [1.82, 2.24) is 4.90 Å². The zero-order valence-electron chi connectivity index (χ0n) is 27.1. The molecule has 0 spiro atoms. The van der Waals surface area contributed by atoms with Crippen LogP contribution in [0, 0.1) is 13.8 Å². The average Bonchev–Trinajstić information content (AvgIpc) is 3.52. The molecule has 1 heterocycles. The number of ether oxygens (including phenoxy) is 2. The Morgan fingerprint density at radius 3 is 2.04 bits per heavy atom. The van der Waals surface area contributed by atoms with Crippen LogP contribution >= 0.6 is 0 Å². The van der Waals surface area contributed by atoms with Crippen molar-refractivity contribution in [2.45, 2.75) is 53.6 Å². The molecule has 0 radical (unpaired) electrons. The first-order valence-electron chi connectivity index (χ1n) is 16.4. The normalized spacial score (nSPS) is 12.6. The van der Waals surface area contributed by atoms with E-state index in [1.807, 2.05) is 41.3 Å². The van der Waals surface area contributed by atoms with E-state index in [1.54, 1.807) is 0 Å². The summed E-state index contributed by atoms with van der Waals surface area (Å²) >= 11 is 0. The number of quaternary nitrogens is 1. The summed E-state index contributed by atoms with van der Waals surface area (Å²) < 4.78 is 12.3. The van der Waals surface area contributed by atoms with Crippen molar-refractivity contribution in [3.8, 4) is 11.5 Å². The minimum absolute atomic E-state index is 0.0719. The highest BCUT2D eigenvalue weighted by Crippen LogP contribution is 2.34. The Balaban J connectivity index is 1.27. The van der Waals surface area contributed by atoms with E-state index in [-0.39, 0.29) is 12.7 Å². The van der Waals surface area contributed by atoms with Crippen molar-refractivity contribution in [2.24, 2.45) is 0 Å². The van der Waals surface area contributed by atoms with Crippen LogP contribution in [0.5, 0.6) is 11.5 Å². The fraction of sp³-hybridized carbons (Fsp3) is 0.325. The number of benzene rings is 5. The Bertz CT molecular complexity index is 1750. The quantitative estimate of drug-likeness (QED) is 0.0815. The molecule has 0 bridgehead atoms. The summed E-state index contributed by atoms with van der Waals surface area (Å²) in [6, 6.07) is 31.6. The van der Waals surface area contributed by atoms with Crippen molar-refractivity contribution in [3.05, 3.63) is 119 Å². The SMILES string of the molecule is CC[N+](CC)(CCCCN(Cc1ccc2c(c1)OCO2)C(=O)c1c2ccccc2cc2ccccc12)Cc1cc(C)cc(C)c1. The largest absolute Gasteiger partial charge is 0.454 e. The van der Waals surface area contributed by atoms with E-state index in [4.69, 9.17) is 9.47 Å². The first-order chi connectivity index (χ1) is 21.9. The maximum atomic E-state index is 14.7. The lowest BCUT2D eigenvalue weighted by Gasteiger charge is -2.37.